The Kier molecular flexibility index (Phi) is 17.8. The van der Waals surface area contributed by atoms with Gasteiger partial charge in [0, 0.05) is 23.3 Å². The van der Waals surface area contributed by atoms with Crippen LogP contribution in [0.1, 0.15) is 107 Å². The molecule has 3 aliphatic heterocycles. The van der Waals surface area contributed by atoms with Crippen LogP contribution in [-0.2, 0) is 52.3 Å². The molecule has 450 valence electrons. The third kappa shape index (κ3) is 9.94. The van der Waals surface area contributed by atoms with Crippen molar-refractivity contribution in [2.45, 2.75) is 224 Å². The topological polar surface area (TPSA) is 388 Å². The molecule has 3 heterocycles. The Morgan fingerprint density at radius 3 is 1.76 bits per heavy atom. The monoisotopic (exact) mass is 1130 g/mol. The van der Waals surface area contributed by atoms with Crippen LogP contribution in [0.3, 0.4) is 0 Å². The molecular weight excluding hydrogens is 1040 g/mol. The van der Waals surface area contributed by atoms with Crippen LogP contribution in [-0.4, -0.2) is 227 Å². The van der Waals surface area contributed by atoms with Crippen molar-refractivity contribution in [1.29, 1.82) is 0 Å². The van der Waals surface area contributed by atoms with E-state index >= 15 is 0 Å². The highest BCUT2D eigenvalue weighted by Crippen LogP contribution is 2.76. The van der Waals surface area contributed by atoms with E-state index in [2.05, 4.69) is 26.8 Å². The Labute approximate surface area is 459 Å². The zero-order valence-corrected chi connectivity index (χ0v) is 46.4. The number of carboxylic acid groups (broad SMARTS) is 1. The summed E-state index contributed by atoms with van der Waals surface area (Å²) < 4.78 is 48.2. The fraction of sp³-hybridized carbons (Fsp3) is 0.873. The zero-order chi connectivity index (χ0) is 58.4. The summed E-state index contributed by atoms with van der Waals surface area (Å²) in [4.78, 5) is 39.5. The molecule has 0 aromatic heterocycles. The first-order valence-corrected chi connectivity index (χ1v) is 27.7. The molecule has 5 aliphatic carbocycles. The van der Waals surface area contributed by atoms with E-state index in [1.165, 1.54) is 6.92 Å². The molecule has 0 bridgehead atoms. The summed E-state index contributed by atoms with van der Waals surface area (Å²) in [6.07, 6.45) is -26.5. The highest BCUT2D eigenvalue weighted by Gasteiger charge is 2.74. The van der Waals surface area contributed by atoms with Crippen molar-refractivity contribution in [3.8, 4) is 0 Å². The Morgan fingerprint density at radius 1 is 0.658 bits per heavy atom. The van der Waals surface area contributed by atoms with Gasteiger partial charge in [-0.15, -0.1) is 0 Å². The lowest BCUT2D eigenvalue weighted by molar-refractivity contribution is -0.392. The van der Waals surface area contributed by atoms with E-state index in [1.54, 1.807) is 19.9 Å². The molecule has 0 aromatic rings. The molecule has 79 heavy (non-hydrogen) atoms. The van der Waals surface area contributed by atoms with Crippen LogP contribution in [0, 0.1) is 50.2 Å². The number of aliphatic hydroxyl groups is 12. The number of aliphatic hydroxyl groups excluding tert-OH is 12. The number of hydrogen-bond donors (Lipinski definition) is 13. The van der Waals surface area contributed by atoms with Gasteiger partial charge >= 0.3 is 17.9 Å². The lowest BCUT2D eigenvalue weighted by Crippen LogP contribution is -2.72. The van der Waals surface area contributed by atoms with Crippen molar-refractivity contribution in [3.05, 3.63) is 23.3 Å². The number of carboxylic acids is 1. The van der Waals surface area contributed by atoms with Gasteiger partial charge in [0.05, 0.1) is 44.1 Å². The molecule has 27 atom stereocenters. The molecule has 0 aromatic carbocycles. The number of allylic oxidation sites excluding steroid dienone is 3. The number of fused-ring (bicyclic) bond motifs is 7. The molecule has 3 saturated heterocycles. The second-order valence-electron chi connectivity index (χ2n) is 25.5. The van der Waals surface area contributed by atoms with Crippen LogP contribution in [0.2, 0.25) is 0 Å². The Balaban J connectivity index is 1.12. The van der Waals surface area contributed by atoms with Crippen molar-refractivity contribution >= 4 is 17.9 Å². The van der Waals surface area contributed by atoms with E-state index in [9.17, 15) is 80.8 Å². The Morgan fingerprint density at radius 2 is 1.24 bits per heavy atom. The predicted molar refractivity (Wildman–Crippen MR) is 269 cm³/mol. The summed E-state index contributed by atoms with van der Waals surface area (Å²) in [5.41, 5.74) is -3.78. The molecule has 7 fully saturated rings. The van der Waals surface area contributed by atoms with Crippen molar-refractivity contribution in [3.63, 3.8) is 0 Å². The molecule has 4 saturated carbocycles. The summed E-state index contributed by atoms with van der Waals surface area (Å²) in [7, 11) is 0. The standard InChI is InChI=1S/C55H86O24/c1-10-23(2)46(71)79-43-44(72-24(3)60)55(22-59)26(17-50(43,4)5)25-11-12-30-51(6)15-14-32(52(7,21-58)29(51)13-16-53(30,8)54(25,9)18-31(55)61)75-49-41(77-48-38(67)36(65)34(63)28(20-57)74-48)39(68)40(42(78-49)45(69)70)76-47-37(66)35(64)33(62)27(19-56)73-47/h10-11,26-44,47-49,56-59,61-68H,12-22H2,1-9H3,(H,69,70)/b23-10-/t26?,27?,28?,29?,30?,31-,32+,33-,34-,35-,36-,37?,38?,39-,40+,41?,42?,43+,44+,47+,48+,49-,51+,52+,53-,54-,55+/m1/s1. The smallest absolute Gasteiger partial charge is 0.335 e. The number of aliphatic carboxylic acids is 1. The van der Waals surface area contributed by atoms with Gasteiger partial charge in [-0.1, -0.05) is 59.3 Å². The molecule has 8 rings (SSSR count). The van der Waals surface area contributed by atoms with Gasteiger partial charge in [0.15, 0.2) is 25.0 Å². The Bertz CT molecular complexity index is 2290. The number of ether oxygens (including phenoxy) is 8. The minimum atomic E-state index is -2.18. The average molecular weight is 1130 g/mol. The summed E-state index contributed by atoms with van der Waals surface area (Å²) in [6.45, 7) is 14.1. The third-order valence-corrected chi connectivity index (χ3v) is 21.1. The second-order valence-corrected chi connectivity index (χ2v) is 25.5. The quantitative estimate of drug-likeness (QED) is 0.0415. The number of carbonyl (C=O) groups is 3. The van der Waals surface area contributed by atoms with Gasteiger partial charge in [-0.3, -0.25) is 4.79 Å². The van der Waals surface area contributed by atoms with E-state index in [0.29, 0.717) is 37.7 Å². The first-order chi connectivity index (χ1) is 36.9. The van der Waals surface area contributed by atoms with E-state index in [-0.39, 0.29) is 24.7 Å². The van der Waals surface area contributed by atoms with Crippen LogP contribution >= 0.6 is 0 Å². The SMILES string of the molecule is C/C=C(/C)C(=O)O[C@H]1[C@H](OC(C)=O)[C@@]2(CO)C(CC1(C)C)C1=CCC3[C@@]4(C)CC[C@H](O[C@@H]5OC(C(=O)O)[C@@H](O[C@@H]6OC(CO)[C@@H](O)[C@@H](O)C6O)[C@@H](O)C5O[C@@H]5OC(CO)[C@@H](O)[C@@H](O)C5O)[C@@](C)(CO)C4CC[C@@]3(C)[C@]1(C)C[C@H]2O. The van der Waals surface area contributed by atoms with Gasteiger partial charge in [-0.25, -0.2) is 9.59 Å². The lowest BCUT2D eigenvalue weighted by Gasteiger charge is -2.72. The van der Waals surface area contributed by atoms with Crippen molar-refractivity contribution in [2.24, 2.45) is 50.2 Å². The van der Waals surface area contributed by atoms with Gasteiger partial charge in [0.1, 0.15) is 79.4 Å². The maximum Gasteiger partial charge on any atom is 0.335 e. The van der Waals surface area contributed by atoms with E-state index in [0.717, 1.165) is 5.57 Å². The minimum absolute atomic E-state index is 0.0849. The minimum Gasteiger partial charge on any atom is -0.479 e. The van der Waals surface area contributed by atoms with Crippen molar-refractivity contribution < 1.29 is 119 Å². The molecule has 13 N–H and O–H groups in total. The molecule has 24 heteroatoms. The summed E-state index contributed by atoms with van der Waals surface area (Å²) in [6, 6.07) is 0. The fourth-order valence-electron chi connectivity index (χ4n) is 16.2. The molecule has 0 radical (unpaired) electrons. The summed E-state index contributed by atoms with van der Waals surface area (Å²) in [5.74, 6) is -3.88. The van der Waals surface area contributed by atoms with Gasteiger partial charge in [-0.05, 0) is 92.8 Å². The first-order valence-electron chi connectivity index (χ1n) is 27.7. The van der Waals surface area contributed by atoms with Crippen LogP contribution in [0.25, 0.3) is 0 Å². The highest BCUT2D eigenvalue weighted by molar-refractivity contribution is 5.87. The van der Waals surface area contributed by atoms with Crippen LogP contribution in [0.4, 0.5) is 0 Å². The number of rotatable bonds is 14. The lowest BCUT2D eigenvalue weighted by atomic mass is 9.33. The molecule has 8 aliphatic rings. The maximum atomic E-state index is 13.4. The van der Waals surface area contributed by atoms with Crippen LogP contribution in [0.5, 0.6) is 0 Å². The second kappa shape index (κ2) is 22.6. The highest BCUT2D eigenvalue weighted by atomic mass is 16.8. The summed E-state index contributed by atoms with van der Waals surface area (Å²) in [5, 5.41) is 143. The van der Waals surface area contributed by atoms with Crippen molar-refractivity contribution in [2.75, 3.05) is 26.4 Å². The number of esters is 2. The molecule has 0 spiro atoms. The zero-order valence-electron chi connectivity index (χ0n) is 46.4. The number of carbonyl (C=O) groups excluding carboxylic acids is 2. The molecule has 9 unspecified atom stereocenters. The predicted octanol–water partition coefficient (Wildman–Crippen LogP) is -1.32. The maximum absolute atomic E-state index is 13.4. The van der Waals surface area contributed by atoms with Gasteiger partial charge in [-0.2, -0.15) is 0 Å². The Hall–Kier alpha value is -2.83. The summed E-state index contributed by atoms with van der Waals surface area (Å²) >= 11 is 0. The molecular formula is C55H86O24. The van der Waals surface area contributed by atoms with E-state index < -0.39 is 199 Å². The first kappa shape index (κ1) is 62.2. The molecule has 24 nitrogen and oxygen atoms in total. The van der Waals surface area contributed by atoms with E-state index in [1.807, 2.05) is 20.8 Å². The van der Waals surface area contributed by atoms with E-state index in [4.69, 9.17) is 37.9 Å². The average Bonchev–Trinajstić information content (AvgIpc) is 3.25. The van der Waals surface area contributed by atoms with Crippen molar-refractivity contribution in [1.82, 2.24) is 0 Å². The van der Waals surface area contributed by atoms with Gasteiger partial charge in [0.25, 0.3) is 0 Å². The van der Waals surface area contributed by atoms with Gasteiger partial charge < -0.3 is 104 Å². The molecule has 0 amide bonds. The fourth-order valence-corrected chi connectivity index (χ4v) is 16.2. The van der Waals surface area contributed by atoms with Gasteiger partial charge in [0.2, 0.25) is 0 Å². The van der Waals surface area contributed by atoms with Crippen LogP contribution in [0.15, 0.2) is 23.3 Å². The third-order valence-electron chi connectivity index (χ3n) is 21.1. The largest absolute Gasteiger partial charge is 0.479 e. The normalized spacial score (nSPS) is 50.6. The number of hydrogen-bond acceptors (Lipinski definition) is 23. The van der Waals surface area contributed by atoms with Crippen LogP contribution < -0.4 is 0 Å².